The third kappa shape index (κ3) is 2.77. The molecule has 0 fully saturated rings. The molecule has 1 heterocycles. The first-order valence-electron chi connectivity index (χ1n) is 5.29. The Morgan fingerprint density at radius 1 is 1.27 bits per heavy atom. The molecular formula is C13H15NO. The van der Waals surface area contributed by atoms with Crippen LogP contribution in [-0.4, -0.2) is 24.3 Å². The number of aldehydes is 1. The summed E-state index contributed by atoms with van der Waals surface area (Å²) in [5.74, 6) is 0. The van der Waals surface area contributed by atoms with Gasteiger partial charge in [-0.15, -0.1) is 0 Å². The van der Waals surface area contributed by atoms with Crippen LogP contribution in [0.3, 0.4) is 0 Å². The van der Waals surface area contributed by atoms with E-state index in [1.54, 1.807) is 0 Å². The van der Waals surface area contributed by atoms with Crippen LogP contribution in [0.2, 0.25) is 0 Å². The standard InChI is InChI=1S/C13H15NO/c15-11-13-6-8-14(9-7-13)10-12-4-2-1-3-5-12/h1-6,11H,7-10H2. The predicted molar refractivity (Wildman–Crippen MR) is 60.5 cm³/mol. The Morgan fingerprint density at radius 3 is 2.67 bits per heavy atom. The Kier molecular flexibility index (Phi) is 3.30. The summed E-state index contributed by atoms with van der Waals surface area (Å²) in [4.78, 5) is 12.9. The van der Waals surface area contributed by atoms with E-state index in [1.807, 2.05) is 12.1 Å². The largest absolute Gasteiger partial charge is 0.298 e. The Hall–Kier alpha value is -1.41. The average molecular weight is 201 g/mol. The summed E-state index contributed by atoms with van der Waals surface area (Å²) in [5.41, 5.74) is 2.28. The van der Waals surface area contributed by atoms with Gasteiger partial charge in [-0.3, -0.25) is 9.69 Å². The number of rotatable bonds is 3. The summed E-state index contributed by atoms with van der Waals surface area (Å²) in [6, 6.07) is 10.4. The van der Waals surface area contributed by atoms with Gasteiger partial charge in [0.05, 0.1) is 0 Å². The van der Waals surface area contributed by atoms with Crippen molar-refractivity contribution in [1.82, 2.24) is 4.90 Å². The minimum atomic E-state index is 0.885. The molecule has 0 saturated carbocycles. The zero-order valence-corrected chi connectivity index (χ0v) is 8.73. The van der Waals surface area contributed by atoms with Crippen LogP contribution >= 0.6 is 0 Å². The monoisotopic (exact) mass is 201 g/mol. The molecule has 1 aliphatic rings. The molecule has 2 heteroatoms. The first-order valence-corrected chi connectivity index (χ1v) is 5.29. The molecule has 0 radical (unpaired) electrons. The summed E-state index contributed by atoms with van der Waals surface area (Å²) in [6.45, 7) is 2.85. The van der Waals surface area contributed by atoms with Gasteiger partial charge in [-0.25, -0.2) is 0 Å². The molecule has 0 atom stereocenters. The van der Waals surface area contributed by atoms with Crippen molar-refractivity contribution in [2.45, 2.75) is 13.0 Å². The minimum absolute atomic E-state index is 0.885. The highest BCUT2D eigenvalue weighted by Crippen LogP contribution is 2.11. The summed E-state index contributed by atoms with van der Waals surface area (Å²) in [5, 5.41) is 0. The van der Waals surface area contributed by atoms with Crippen LogP contribution in [0.5, 0.6) is 0 Å². The maximum atomic E-state index is 10.5. The SMILES string of the molecule is O=CC1=CCN(Cc2ccccc2)CC1. The molecule has 78 valence electrons. The van der Waals surface area contributed by atoms with E-state index < -0.39 is 0 Å². The van der Waals surface area contributed by atoms with Crippen molar-refractivity contribution in [3.8, 4) is 0 Å². The fraction of sp³-hybridized carbons (Fsp3) is 0.308. The Bertz CT molecular complexity index is 356. The lowest BCUT2D eigenvalue weighted by molar-refractivity contribution is -0.105. The molecule has 0 unspecified atom stereocenters. The number of nitrogens with zero attached hydrogens (tertiary/aromatic N) is 1. The molecule has 0 N–H and O–H groups in total. The predicted octanol–water partition coefficient (Wildman–Crippen LogP) is 2.02. The molecule has 1 aromatic rings. The fourth-order valence-electron chi connectivity index (χ4n) is 1.82. The van der Waals surface area contributed by atoms with Crippen molar-refractivity contribution in [3.63, 3.8) is 0 Å². The minimum Gasteiger partial charge on any atom is -0.298 e. The second kappa shape index (κ2) is 4.89. The van der Waals surface area contributed by atoms with Crippen LogP contribution in [-0.2, 0) is 11.3 Å². The summed E-state index contributed by atoms with van der Waals surface area (Å²) in [7, 11) is 0. The van der Waals surface area contributed by atoms with Gasteiger partial charge in [0.25, 0.3) is 0 Å². The fourth-order valence-corrected chi connectivity index (χ4v) is 1.82. The quantitative estimate of drug-likeness (QED) is 0.697. The lowest BCUT2D eigenvalue weighted by Gasteiger charge is -2.24. The zero-order valence-electron chi connectivity index (χ0n) is 8.73. The van der Waals surface area contributed by atoms with Crippen LogP contribution in [0.25, 0.3) is 0 Å². The first kappa shape index (κ1) is 10.1. The smallest absolute Gasteiger partial charge is 0.145 e. The molecule has 0 saturated heterocycles. The van der Waals surface area contributed by atoms with Gasteiger partial charge in [-0.1, -0.05) is 36.4 Å². The molecule has 0 spiro atoms. The van der Waals surface area contributed by atoms with Crippen LogP contribution in [0.1, 0.15) is 12.0 Å². The van der Waals surface area contributed by atoms with Gasteiger partial charge < -0.3 is 0 Å². The Labute approximate surface area is 90.2 Å². The highest BCUT2D eigenvalue weighted by Gasteiger charge is 2.10. The van der Waals surface area contributed by atoms with E-state index in [1.165, 1.54) is 5.56 Å². The van der Waals surface area contributed by atoms with Crippen molar-refractivity contribution in [3.05, 3.63) is 47.5 Å². The van der Waals surface area contributed by atoms with Gasteiger partial charge in [0, 0.05) is 19.6 Å². The summed E-state index contributed by atoms with van der Waals surface area (Å²) in [6.07, 6.45) is 3.88. The maximum absolute atomic E-state index is 10.5. The van der Waals surface area contributed by atoms with Gasteiger partial charge in [0.1, 0.15) is 6.29 Å². The number of hydrogen-bond donors (Lipinski definition) is 0. The molecule has 2 rings (SSSR count). The zero-order chi connectivity index (χ0) is 10.5. The summed E-state index contributed by atoms with van der Waals surface area (Å²) >= 11 is 0. The lowest BCUT2D eigenvalue weighted by atomic mass is 10.1. The van der Waals surface area contributed by atoms with E-state index in [-0.39, 0.29) is 0 Å². The molecule has 0 bridgehead atoms. The Morgan fingerprint density at radius 2 is 2.07 bits per heavy atom. The van der Waals surface area contributed by atoms with Crippen molar-refractivity contribution >= 4 is 6.29 Å². The molecular weight excluding hydrogens is 186 g/mol. The van der Waals surface area contributed by atoms with E-state index in [0.717, 1.165) is 37.9 Å². The first-order chi connectivity index (χ1) is 7.38. The van der Waals surface area contributed by atoms with E-state index in [2.05, 4.69) is 29.2 Å². The van der Waals surface area contributed by atoms with E-state index in [9.17, 15) is 4.79 Å². The number of benzene rings is 1. The third-order valence-corrected chi connectivity index (χ3v) is 2.73. The number of carbonyl (C=O) groups is 1. The van der Waals surface area contributed by atoms with Gasteiger partial charge in [0.15, 0.2) is 0 Å². The molecule has 2 nitrogen and oxygen atoms in total. The third-order valence-electron chi connectivity index (χ3n) is 2.73. The van der Waals surface area contributed by atoms with Crippen LogP contribution < -0.4 is 0 Å². The van der Waals surface area contributed by atoms with Crippen molar-refractivity contribution in [2.24, 2.45) is 0 Å². The second-order valence-corrected chi connectivity index (χ2v) is 3.87. The van der Waals surface area contributed by atoms with E-state index >= 15 is 0 Å². The maximum Gasteiger partial charge on any atom is 0.145 e. The number of carbonyl (C=O) groups excluding carboxylic acids is 1. The second-order valence-electron chi connectivity index (χ2n) is 3.87. The number of hydrogen-bond acceptors (Lipinski definition) is 2. The van der Waals surface area contributed by atoms with Crippen molar-refractivity contribution < 1.29 is 4.79 Å². The highest BCUT2D eigenvalue weighted by atomic mass is 16.1. The van der Waals surface area contributed by atoms with Crippen LogP contribution in [0.4, 0.5) is 0 Å². The van der Waals surface area contributed by atoms with Crippen molar-refractivity contribution in [2.75, 3.05) is 13.1 Å². The summed E-state index contributed by atoms with van der Waals surface area (Å²) < 4.78 is 0. The molecule has 1 aromatic carbocycles. The highest BCUT2D eigenvalue weighted by molar-refractivity contribution is 5.73. The molecule has 0 aromatic heterocycles. The molecule has 1 aliphatic heterocycles. The van der Waals surface area contributed by atoms with Crippen LogP contribution in [0, 0.1) is 0 Å². The Balaban J connectivity index is 1.93. The molecule has 0 aliphatic carbocycles. The van der Waals surface area contributed by atoms with Gasteiger partial charge >= 0.3 is 0 Å². The van der Waals surface area contributed by atoms with Gasteiger partial charge in [-0.2, -0.15) is 0 Å². The van der Waals surface area contributed by atoms with E-state index in [4.69, 9.17) is 0 Å². The molecule has 15 heavy (non-hydrogen) atoms. The lowest BCUT2D eigenvalue weighted by Crippen LogP contribution is -2.28. The van der Waals surface area contributed by atoms with Gasteiger partial charge in [0.2, 0.25) is 0 Å². The average Bonchev–Trinajstić information content (AvgIpc) is 2.31. The molecule has 0 amide bonds. The van der Waals surface area contributed by atoms with Crippen LogP contribution in [0.15, 0.2) is 42.0 Å². The van der Waals surface area contributed by atoms with Gasteiger partial charge in [-0.05, 0) is 17.6 Å². The topological polar surface area (TPSA) is 20.3 Å². The van der Waals surface area contributed by atoms with E-state index in [0.29, 0.717) is 0 Å². The van der Waals surface area contributed by atoms with Crippen molar-refractivity contribution in [1.29, 1.82) is 0 Å². The normalized spacial score (nSPS) is 17.2.